The van der Waals surface area contributed by atoms with Crippen molar-refractivity contribution in [2.75, 3.05) is 22.4 Å². The summed E-state index contributed by atoms with van der Waals surface area (Å²) in [5.41, 5.74) is 0.00865. The lowest BCUT2D eigenvalue weighted by molar-refractivity contribution is -0.118. The minimum absolute atomic E-state index is 0.0289. The maximum absolute atomic E-state index is 14.1. The highest BCUT2D eigenvalue weighted by molar-refractivity contribution is 7.92. The molecule has 0 spiro atoms. The molecule has 0 bridgehead atoms. The van der Waals surface area contributed by atoms with Gasteiger partial charge in [-0.25, -0.2) is 17.6 Å². The number of carboxylic acid groups (broad SMARTS) is 1. The van der Waals surface area contributed by atoms with Gasteiger partial charge in [-0.1, -0.05) is 0 Å². The van der Waals surface area contributed by atoms with E-state index in [4.69, 9.17) is 5.11 Å². The van der Waals surface area contributed by atoms with Gasteiger partial charge in [-0.3, -0.25) is 9.52 Å². The third-order valence-electron chi connectivity index (χ3n) is 3.04. The highest BCUT2D eigenvalue weighted by Gasteiger charge is 2.34. The molecule has 0 unspecified atom stereocenters. The summed E-state index contributed by atoms with van der Waals surface area (Å²) in [4.78, 5) is 23.7. The molecule has 1 saturated heterocycles. The molecule has 1 aromatic rings. The summed E-state index contributed by atoms with van der Waals surface area (Å²) in [6, 6.07) is 2.64. The Labute approximate surface area is 126 Å². The quantitative estimate of drug-likeness (QED) is 0.746. The van der Waals surface area contributed by atoms with Crippen molar-refractivity contribution in [1.29, 1.82) is 0 Å². The molecule has 8 nitrogen and oxygen atoms in total. The molecule has 0 aliphatic carbocycles. The van der Waals surface area contributed by atoms with Gasteiger partial charge in [-0.05, 0) is 18.6 Å². The van der Waals surface area contributed by atoms with Gasteiger partial charge in [0.15, 0.2) is 0 Å². The summed E-state index contributed by atoms with van der Waals surface area (Å²) in [6.45, 7) is 0.166. The number of hydrogen-bond acceptors (Lipinski definition) is 4. The van der Waals surface area contributed by atoms with Crippen molar-refractivity contribution in [2.24, 2.45) is 0 Å². The van der Waals surface area contributed by atoms with Crippen LogP contribution < -0.4 is 14.9 Å². The number of benzene rings is 1. The van der Waals surface area contributed by atoms with Gasteiger partial charge >= 0.3 is 6.09 Å². The fourth-order valence-electron chi connectivity index (χ4n) is 2.21. The first-order valence-electron chi connectivity index (χ1n) is 6.25. The topological polar surface area (TPSA) is 116 Å². The Morgan fingerprint density at radius 1 is 1.45 bits per heavy atom. The summed E-state index contributed by atoms with van der Waals surface area (Å²) in [5.74, 6) is -1.33. The predicted molar refractivity (Wildman–Crippen MR) is 76.8 cm³/mol. The van der Waals surface area contributed by atoms with Crippen LogP contribution in [0.1, 0.15) is 6.42 Å². The smallest absolute Gasteiger partial charge is 0.405 e. The minimum atomic E-state index is -3.53. The van der Waals surface area contributed by atoms with E-state index in [0.717, 1.165) is 17.2 Å². The zero-order valence-electron chi connectivity index (χ0n) is 11.5. The monoisotopic (exact) mass is 331 g/mol. The van der Waals surface area contributed by atoms with Crippen LogP contribution in [0.15, 0.2) is 18.2 Å². The second kappa shape index (κ2) is 5.79. The average Bonchev–Trinajstić information content (AvgIpc) is 2.69. The molecule has 1 aliphatic rings. The highest BCUT2D eigenvalue weighted by Crippen LogP contribution is 2.27. The molecule has 10 heteroatoms. The summed E-state index contributed by atoms with van der Waals surface area (Å²) in [7, 11) is -3.53. The van der Waals surface area contributed by atoms with E-state index in [-0.39, 0.29) is 24.3 Å². The number of sulfonamides is 1. The van der Waals surface area contributed by atoms with Crippen LogP contribution in [-0.4, -0.2) is 44.4 Å². The Balaban J connectivity index is 2.20. The van der Waals surface area contributed by atoms with Gasteiger partial charge in [0.2, 0.25) is 15.9 Å². The van der Waals surface area contributed by atoms with E-state index in [1.165, 1.54) is 12.1 Å². The number of nitrogens with zero attached hydrogens (tertiary/aromatic N) is 1. The molecular formula is C12H14FN3O5S. The molecule has 0 saturated carbocycles. The van der Waals surface area contributed by atoms with Crippen LogP contribution >= 0.6 is 0 Å². The summed E-state index contributed by atoms with van der Waals surface area (Å²) >= 11 is 0. The molecule has 120 valence electrons. The van der Waals surface area contributed by atoms with Crippen molar-refractivity contribution in [3.63, 3.8) is 0 Å². The van der Waals surface area contributed by atoms with Gasteiger partial charge in [0, 0.05) is 12.6 Å². The number of hydrogen-bond donors (Lipinski definition) is 3. The molecule has 1 aromatic carbocycles. The summed E-state index contributed by atoms with van der Waals surface area (Å²) < 4.78 is 38.4. The number of carbonyl (C=O) groups excluding carboxylic acids is 1. The standard InChI is InChI=1S/C12H14FN3O5S/c1-22(20,21)15-7-2-3-10(8(13)6-7)16-5-4-9(11(16)17)14-12(18)19/h2-3,6,9,14-15H,4-5H2,1H3,(H,18,19)/t9-/m0/s1. The molecule has 1 heterocycles. The molecule has 1 fully saturated rings. The lowest BCUT2D eigenvalue weighted by Crippen LogP contribution is -2.41. The highest BCUT2D eigenvalue weighted by atomic mass is 32.2. The fourth-order valence-corrected chi connectivity index (χ4v) is 2.76. The predicted octanol–water partition coefficient (Wildman–Crippen LogP) is 0.570. The Hall–Kier alpha value is -2.36. The van der Waals surface area contributed by atoms with Crippen LogP contribution in [0.25, 0.3) is 0 Å². The third-order valence-corrected chi connectivity index (χ3v) is 3.65. The molecule has 0 radical (unpaired) electrons. The maximum atomic E-state index is 14.1. The van der Waals surface area contributed by atoms with Crippen molar-refractivity contribution in [1.82, 2.24) is 5.32 Å². The second-order valence-corrected chi connectivity index (χ2v) is 6.57. The maximum Gasteiger partial charge on any atom is 0.405 e. The van der Waals surface area contributed by atoms with Crippen LogP contribution in [0.4, 0.5) is 20.6 Å². The van der Waals surface area contributed by atoms with Crippen LogP contribution in [0.5, 0.6) is 0 Å². The molecule has 2 amide bonds. The van der Waals surface area contributed by atoms with E-state index < -0.39 is 33.9 Å². The van der Waals surface area contributed by atoms with Gasteiger partial charge in [0.05, 0.1) is 17.6 Å². The summed E-state index contributed by atoms with van der Waals surface area (Å²) in [6.07, 6.45) is -0.160. The molecule has 1 atom stereocenters. The van der Waals surface area contributed by atoms with Gasteiger partial charge in [-0.2, -0.15) is 0 Å². The van der Waals surface area contributed by atoms with Gasteiger partial charge < -0.3 is 15.3 Å². The number of halogens is 1. The Morgan fingerprint density at radius 3 is 2.68 bits per heavy atom. The van der Waals surface area contributed by atoms with Crippen LogP contribution in [0.2, 0.25) is 0 Å². The number of amides is 2. The lowest BCUT2D eigenvalue weighted by Gasteiger charge is -2.18. The van der Waals surface area contributed by atoms with E-state index in [2.05, 4.69) is 10.0 Å². The number of nitrogens with one attached hydrogen (secondary N) is 2. The van der Waals surface area contributed by atoms with Gasteiger partial charge in [-0.15, -0.1) is 0 Å². The van der Waals surface area contributed by atoms with Crippen LogP contribution in [0, 0.1) is 5.82 Å². The van der Waals surface area contributed by atoms with Crippen LogP contribution in [-0.2, 0) is 14.8 Å². The van der Waals surface area contributed by atoms with Crippen molar-refractivity contribution < 1.29 is 27.5 Å². The van der Waals surface area contributed by atoms with Gasteiger partial charge in [0.25, 0.3) is 0 Å². The Kier molecular flexibility index (Phi) is 4.22. The van der Waals surface area contributed by atoms with E-state index in [1.807, 2.05) is 0 Å². The first-order chi connectivity index (χ1) is 10.2. The van der Waals surface area contributed by atoms with E-state index >= 15 is 0 Å². The lowest BCUT2D eigenvalue weighted by atomic mass is 10.2. The zero-order chi connectivity index (χ0) is 16.5. The van der Waals surface area contributed by atoms with Crippen molar-refractivity contribution in [2.45, 2.75) is 12.5 Å². The first-order valence-corrected chi connectivity index (χ1v) is 8.15. The van der Waals surface area contributed by atoms with E-state index in [9.17, 15) is 22.4 Å². The van der Waals surface area contributed by atoms with Crippen molar-refractivity contribution in [3.8, 4) is 0 Å². The largest absolute Gasteiger partial charge is 0.465 e. The van der Waals surface area contributed by atoms with E-state index in [1.54, 1.807) is 0 Å². The number of anilines is 2. The zero-order valence-corrected chi connectivity index (χ0v) is 12.4. The minimum Gasteiger partial charge on any atom is -0.465 e. The molecule has 0 aromatic heterocycles. The Morgan fingerprint density at radius 2 is 2.14 bits per heavy atom. The SMILES string of the molecule is CS(=O)(=O)Nc1ccc(N2CC[C@H](NC(=O)O)C2=O)c(F)c1. The third kappa shape index (κ3) is 3.64. The van der Waals surface area contributed by atoms with E-state index in [0.29, 0.717) is 0 Å². The first kappa shape index (κ1) is 16.0. The molecule has 22 heavy (non-hydrogen) atoms. The Bertz CT molecular complexity index is 721. The number of carbonyl (C=O) groups is 2. The van der Waals surface area contributed by atoms with Crippen LogP contribution in [0.3, 0.4) is 0 Å². The molecule has 1 aliphatic heterocycles. The number of rotatable bonds is 4. The fraction of sp³-hybridized carbons (Fsp3) is 0.333. The van der Waals surface area contributed by atoms with Crippen molar-refractivity contribution >= 4 is 33.4 Å². The molecule has 3 N–H and O–H groups in total. The average molecular weight is 331 g/mol. The summed E-state index contributed by atoms with van der Waals surface area (Å²) in [5, 5.41) is 10.7. The van der Waals surface area contributed by atoms with Gasteiger partial charge in [0.1, 0.15) is 11.9 Å². The molecular weight excluding hydrogens is 317 g/mol. The van der Waals surface area contributed by atoms with Crippen molar-refractivity contribution in [3.05, 3.63) is 24.0 Å². The second-order valence-electron chi connectivity index (χ2n) is 4.82. The molecule has 2 rings (SSSR count). The normalized spacial score (nSPS) is 18.4.